The van der Waals surface area contributed by atoms with Crippen molar-refractivity contribution in [3.63, 3.8) is 0 Å². The average Bonchev–Trinajstić information content (AvgIpc) is 3.31. The Labute approximate surface area is 131 Å². The van der Waals surface area contributed by atoms with Gasteiger partial charge in [0.05, 0.1) is 19.3 Å². The third-order valence-corrected chi connectivity index (χ3v) is 4.98. The Hall–Kier alpha value is -1.20. The monoisotopic (exact) mass is 304 g/mol. The van der Waals surface area contributed by atoms with Gasteiger partial charge in [0.25, 0.3) is 0 Å². The van der Waals surface area contributed by atoms with Crippen molar-refractivity contribution in [1.29, 1.82) is 0 Å². The molecule has 2 fully saturated rings. The molecule has 1 aromatic rings. The van der Waals surface area contributed by atoms with Crippen LogP contribution in [-0.4, -0.2) is 42.2 Å². The fourth-order valence-electron chi connectivity index (χ4n) is 3.60. The summed E-state index contributed by atoms with van der Waals surface area (Å²) >= 11 is 0. The van der Waals surface area contributed by atoms with E-state index in [0.29, 0.717) is 18.8 Å². The fraction of sp³-hybridized carbons (Fsp3) is 0.556. The molecule has 22 heavy (non-hydrogen) atoms. The van der Waals surface area contributed by atoms with Gasteiger partial charge in [-0.05, 0) is 30.9 Å². The molecule has 120 valence electrons. The number of rotatable bonds is 5. The predicted molar refractivity (Wildman–Crippen MR) is 83.5 cm³/mol. The van der Waals surface area contributed by atoms with Gasteiger partial charge in [0.2, 0.25) is 0 Å². The van der Waals surface area contributed by atoms with Crippen molar-refractivity contribution in [3.8, 4) is 0 Å². The first-order chi connectivity index (χ1) is 10.5. The fourth-order valence-corrected chi connectivity index (χ4v) is 3.60. The Kier molecular flexibility index (Phi) is 4.12. The number of benzene rings is 1. The lowest BCUT2D eigenvalue weighted by molar-refractivity contribution is -0.194. The van der Waals surface area contributed by atoms with Crippen LogP contribution < -0.4 is 0 Å². The van der Waals surface area contributed by atoms with Gasteiger partial charge in [0, 0.05) is 7.11 Å². The van der Waals surface area contributed by atoms with Crippen LogP contribution in [0.25, 0.3) is 0 Å². The number of methoxy groups -OCH3 is 1. The Morgan fingerprint density at radius 3 is 2.64 bits per heavy atom. The summed E-state index contributed by atoms with van der Waals surface area (Å²) in [5, 5.41) is 11.2. The summed E-state index contributed by atoms with van der Waals surface area (Å²) in [6.07, 6.45) is 0.919. The summed E-state index contributed by atoms with van der Waals surface area (Å²) in [6.45, 7) is 6.86. The quantitative estimate of drug-likeness (QED) is 0.670. The molecule has 1 saturated carbocycles. The Morgan fingerprint density at radius 1 is 1.41 bits per heavy atom. The third kappa shape index (κ3) is 2.40. The summed E-state index contributed by atoms with van der Waals surface area (Å²) in [5.74, 6) is 0. The van der Waals surface area contributed by atoms with Gasteiger partial charge in [-0.25, -0.2) is 0 Å². The van der Waals surface area contributed by atoms with Crippen LogP contribution >= 0.6 is 0 Å². The summed E-state index contributed by atoms with van der Waals surface area (Å²) in [5.41, 5.74) is 0.0528. The number of hydrogen-bond donors (Lipinski definition) is 1. The van der Waals surface area contributed by atoms with E-state index >= 15 is 0 Å². The molecule has 0 aromatic heterocycles. The van der Waals surface area contributed by atoms with E-state index in [1.54, 1.807) is 7.11 Å². The second kappa shape index (κ2) is 5.78. The molecule has 4 heteroatoms. The van der Waals surface area contributed by atoms with Gasteiger partial charge in [-0.3, -0.25) is 0 Å². The molecular weight excluding hydrogens is 280 g/mol. The van der Waals surface area contributed by atoms with E-state index < -0.39 is 17.3 Å². The molecule has 0 bridgehead atoms. The highest BCUT2D eigenvalue weighted by atomic mass is 16.6. The molecule has 1 N–H and O–H groups in total. The van der Waals surface area contributed by atoms with Gasteiger partial charge in [-0.2, -0.15) is 0 Å². The zero-order chi connectivity index (χ0) is 15.8. The van der Waals surface area contributed by atoms with Crippen molar-refractivity contribution in [2.45, 2.75) is 49.8 Å². The highest BCUT2D eigenvalue weighted by Crippen LogP contribution is 2.53. The minimum atomic E-state index is -1.19. The normalized spacial score (nSPS) is 37.2. The molecule has 4 atom stereocenters. The topological polar surface area (TPSA) is 51.2 Å². The van der Waals surface area contributed by atoms with Crippen molar-refractivity contribution in [2.75, 3.05) is 13.7 Å². The summed E-state index contributed by atoms with van der Waals surface area (Å²) in [4.78, 5) is 0. The van der Waals surface area contributed by atoms with Crippen LogP contribution in [0.1, 0.15) is 25.3 Å². The smallest absolute Gasteiger partial charge is 0.145 e. The van der Waals surface area contributed by atoms with Crippen LogP contribution in [0.2, 0.25) is 0 Å². The predicted octanol–water partition coefficient (Wildman–Crippen LogP) is 2.46. The third-order valence-electron chi connectivity index (χ3n) is 4.98. The molecule has 1 aromatic carbocycles. The van der Waals surface area contributed by atoms with Gasteiger partial charge >= 0.3 is 0 Å². The molecule has 2 aliphatic rings. The number of hydrogen-bond acceptors (Lipinski definition) is 4. The van der Waals surface area contributed by atoms with Gasteiger partial charge in [0.1, 0.15) is 17.3 Å². The number of ether oxygens (including phenoxy) is 3. The average molecular weight is 304 g/mol. The second-order valence-corrected chi connectivity index (χ2v) is 6.36. The van der Waals surface area contributed by atoms with Crippen molar-refractivity contribution < 1.29 is 19.3 Å². The van der Waals surface area contributed by atoms with Crippen LogP contribution in [0.15, 0.2) is 42.5 Å². The van der Waals surface area contributed by atoms with E-state index in [0.717, 1.165) is 18.4 Å². The van der Waals surface area contributed by atoms with E-state index in [-0.39, 0.29) is 6.10 Å². The molecule has 4 nitrogen and oxygen atoms in total. The largest absolute Gasteiger partial charge is 0.380 e. The zero-order valence-corrected chi connectivity index (χ0v) is 13.2. The molecule has 0 radical (unpaired) electrons. The lowest BCUT2D eigenvalue weighted by atomic mass is 9.68. The van der Waals surface area contributed by atoms with Gasteiger partial charge < -0.3 is 19.3 Å². The van der Waals surface area contributed by atoms with Crippen LogP contribution in [0.5, 0.6) is 0 Å². The summed E-state index contributed by atoms with van der Waals surface area (Å²) in [6, 6.07) is 10.0. The zero-order valence-electron chi connectivity index (χ0n) is 13.2. The SMILES string of the molecule is C=C(C)[C@@]1(O)[C@H](OC)[C@H](OCc2ccccc2)CC[C@]12CO2. The molecule has 1 aliphatic heterocycles. The number of aliphatic hydroxyl groups is 1. The highest BCUT2D eigenvalue weighted by Gasteiger charge is 2.68. The first kappa shape index (κ1) is 15.7. The van der Waals surface area contributed by atoms with Gasteiger partial charge in [0.15, 0.2) is 0 Å². The maximum Gasteiger partial charge on any atom is 0.145 e. The minimum absolute atomic E-state index is 0.179. The second-order valence-electron chi connectivity index (χ2n) is 6.36. The molecule has 0 unspecified atom stereocenters. The molecule has 1 spiro atoms. The van der Waals surface area contributed by atoms with Crippen molar-refractivity contribution in [2.24, 2.45) is 0 Å². The van der Waals surface area contributed by atoms with E-state index in [2.05, 4.69) is 6.58 Å². The molecule has 1 heterocycles. The van der Waals surface area contributed by atoms with E-state index in [1.807, 2.05) is 37.3 Å². The lowest BCUT2D eigenvalue weighted by Gasteiger charge is -2.47. The maximum absolute atomic E-state index is 11.2. The van der Waals surface area contributed by atoms with Crippen molar-refractivity contribution >= 4 is 0 Å². The highest BCUT2D eigenvalue weighted by molar-refractivity contribution is 5.30. The number of epoxide rings is 1. The van der Waals surface area contributed by atoms with Crippen LogP contribution in [-0.2, 0) is 20.8 Å². The Balaban J connectivity index is 1.76. The van der Waals surface area contributed by atoms with E-state index in [1.165, 1.54) is 0 Å². The summed E-state index contributed by atoms with van der Waals surface area (Å²) in [7, 11) is 1.61. The molecule has 3 rings (SSSR count). The molecule has 1 aliphatic carbocycles. The minimum Gasteiger partial charge on any atom is -0.380 e. The standard InChI is InChI=1S/C18H24O4/c1-13(2)18(19)16(20-3)15(9-10-17(18)12-22-17)21-11-14-7-5-4-6-8-14/h4-8,15-16,19H,1,9-12H2,2-3H3/t15-,16-,17+,18-/m1/s1. The molecular formula is C18H24O4. The maximum atomic E-state index is 11.2. The Bertz CT molecular complexity index is 537. The van der Waals surface area contributed by atoms with Crippen LogP contribution in [0.4, 0.5) is 0 Å². The van der Waals surface area contributed by atoms with E-state index in [4.69, 9.17) is 14.2 Å². The molecule has 0 amide bonds. The Morgan fingerprint density at radius 2 is 2.09 bits per heavy atom. The summed E-state index contributed by atoms with van der Waals surface area (Å²) < 4.78 is 17.3. The van der Waals surface area contributed by atoms with Crippen LogP contribution in [0, 0.1) is 0 Å². The van der Waals surface area contributed by atoms with Crippen molar-refractivity contribution in [1.82, 2.24) is 0 Å². The van der Waals surface area contributed by atoms with Gasteiger partial charge in [-0.15, -0.1) is 0 Å². The lowest BCUT2D eigenvalue weighted by Crippen LogP contribution is -2.64. The van der Waals surface area contributed by atoms with Crippen LogP contribution in [0.3, 0.4) is 0 Å². The first-order valence-electron chi connectivity index (χ1n) is 7.74. The van der Waals surface area contributed by atoms with E-state index in [9.17, 15) is 5.11 Å². The van der Waals surface area contributed by atoms with Gasteiger partial charge in [-0.1, -0.05) is 36.9 Å². The molecule has 1 saturated heterocycles. The van der Waals surface area contributed by atoms with Crippen molar-refractivity contribution in [3.05, 3.63) is 48.0 Å². The first-order valence-corrected chi connectivity index (χ1v) is 7.74.